The number of methoxy groups -OCH3 is 1. The Labute approximate surface area is 250 Å². The van der Waals surface area contributed by atoms with Gasteiger partial charge in [0.1, 0.15) is 0 Å². The summed E-state index contributed by atoms with van der Waals surface area (Å²) in [6.07, 6.45) is 2.19. The van der Waals surface area contributed by atoms with E-state index in [1.807, 2.05) is 0 Å². The molecule has 3 N–H and O–H groups in total. The topological polar surface area (TPSA) is 140 Å². The molecule has 1 saturated carbocycles. The number of ether oxygens (including phenoxy) is 1. The van der Waals surface area contributed by atoms with Gasteiger partial charge in [0.15, 0.2) is 17.4 Å². The third-order valence-corrected chi connectivity index (χ3v) is 8.27. The average molecular weight is 615 g/mol. The zero-order chi connectivity index (χ0) is 31.0. The monoisotopic (exact) mass is 614 g/mol. The maximum absolute atomic E-state index is 14.6. The number of primary amides is 1. The molecule has 5 rings (SSSR count). The van der Waals surface area contributed by atoms with E-state index in [1.54, 1.807) is 9.80 Å². The van der Waals surface area contributed by atoms with Gasteiger partial charge < -0.3 is 30.2 Å². The second-order valence-corrected chi connectivity index (χ2v) is 10.9. The van der Waals surface area contributed by atoms with Crippen molar-refractivity contribution in [1.82, 2.24) is 19.4 Å². The summed E-state index contributed by atoms with van der Waals surface area (Å²) in [5.74, 6) is -4.41. The van der Waals surface area contributed by atoms with Crippen molar-refractivity contribution in [3.05, 3.63) is 64.6 Å². The number of halogens is 3. The van der Waals surface area contributed by atoms with Gasteiger partial charge in [-0.25, -0.2) is 9.37 Å². The third-order valence-electron chi connectivity index (χ3n) is 7.96. The molecule has 1 aliphatic carbocycles. The Morgan fingerprint density at radius 2 is 1.67 bits per heavy atom. The van der Waals surface area contributed by atoms with Crippen LogP contribution in [0.2, 0.25) is 5.02 Å². The molecule has 0 spiro atoms. The Kier molecular flexibility index (Phi) is 8.36. The van der Waals surface area contributed by atoms with E-state index in [0.29, 0.717) is 44.7 Å². The lowest BCUT2D eigenvalue weighted by Gasteiger charge is -2.40. The highest BCUT2D eigenvalue weighted by atomic mass is 35.5. The minimum absolute atomic E-state index is 0.0242. The summed E-state index contributed by atoms with van der Waals surface area (Å²) >= 11 is 6.42. The first-order chi connectivity index (χ1) is 20.5. The summed E-state index contributed by atoms with van der Waals surface area (Å²) in [7, 11) is 2.72. The fraction of sp³-hybridized carbons (Fsp3) is 0.345. The van der Waals surface area contributed by atoms with Gasteiger partial charge in [-0.15, -0.1) is 0 Å². The van der Waals surface area contributed by atoms with E-state index in [4.69, 9.17) is 22.1 Å². The van der Waals surface area contributed by atoms with Gasteiger partial charge in [-0.2, -0.15) is 4.39 Å². The fourth-order valence-electron chi connectivity index (χ4n) is 5.32. The van der Waals surface area contributed by atoms with Gasteiger partial charge in [0.25, 0.3) is 11.8 Å². The van der Waals surface area contributed by atoms with Gasteiger partial charge >= 0.3 is 0 Å². The minimum atomic E-state index is -1.15. The van der Waals surface area contributed by atoms with E-state index in [0.717, 1.165) is 0 Å². The molecule has 2 aromatic carbocycles. The molecule has 2 aliphatic rings. The molecule has 0 radical (unpaired) electrons. The van der Waals surface area contributed by atoms with E-state index in [2.05, 4.69) is 10.3 Å². The zero-order valence-electron chi connectivity index (χ0n) is 23.4. The lowest BCUT2D eigenvalue weighted by atomic mass is 9.73. The van der Waals surface area contributed by atoms with Crippen LogP contribution in [0.5, 0.6) is 5.75 Å². The predicted octanol–water partition coefficient (Wildman–Crippen LogP) is 3.08. The molecule has 1 aromatic heterocycles. The molecular formula is C29H29ClF2N6O5. The molecule has 1 aliphatic heterocycles. The van der Waals surface area contributed by atoms with Crippen molar-refractivity contribution in [3.63, 3.8) is 0 Å². The summed E-state index contributed by atoms with van der Waals surface area (Å²) in [6, 6.07) is 7.06. The quantitative estimate of drug-likeness (QED) is 0.419. The predicted molar refractivity (Wildman–Crippen MR) is 152 cm³/mol. The van der Waals surface area contributed by atoms with Crippen molar-refractivity contribution in [2.45, 2.75) is 12.8 Å². The van der Waals surface area contributed by atoms with E-state index in [-0.39, 0.29) is 63.0 Å². The molecule has 0 unspecified atom stereocenters. The third kappa shape index (κ3) is 5.76. The normalized spacial score (nSPS) is 18.2. The number of anilines is 1. The second kappa shape index (κ2) is 12.0. The Balaban J connectivity index is 1.20. The van der Waals surface area contributed by atoms with Gasteiger partial charge in [-0.1, -0.05) is 11.6 Å². The fourth-order valence-corrected chi connectivity index (χ4v) is 5.58. The van der Waals surface area contributed by atoms with Crippen LogP contribution in [0, 0.1) is 23.5 Å². The van der Waals surface area contributed by atoms with Gasteiger partial charge in [0, 0.05) is 56.3 Å². The van der Waals surface area contributed by atoms with E-state index >= 15 is 0 Å². The molecule has 1 saturated heterocycles. The van der Waals surface area contributed by atoms with E-state index < -0.39 is 17.5 Å². The minimum Gasteiger partial charge on any atom is -0.494 e. The van der Waals surface area contributed by atoms with Crippen LogP contribution in [0.3, 0.4) is 0 Å². The summed E-state index contributed by atoms with van der Waals surface area (Å²) in [5.41, 5.74) is 5.90. The number of carbonyl (C=O) groups is 4. The standard InChI is InChI=1S/C29H29ClF2N6O5/c1-36-21(19-5-6-22(43-2)24(32)23(19)31)14-34-26(36)27(40)35-17-3-4-18(20(30)13-17)29(42)38-9-7-37(8-10-38)28(41)16-11-15(12-16)25(33)39/h3-6,13-16H,7-12H2,1-2H3,(H2,33,39)(H,35,40). The van der Waals surface area contributed by atoms with Crippen LogP contribution in [0.25, 0.3) is 11.3 Å². The first-order valence-electron chi connectivity index (χ1n) is 13.5. The first kappa shape index (κ1) is 30.0. The first-order valence-corrected chi connectivity index (χ1v) is 13.9. The number of nitrogens with zero attached hydrogens (tertiary/aromatic N) is 4. The number of carbonyl (C=O) groups excluding carboxylic acids is 4. The highest BCUT2D eigenvalue weighted by Crippen LogP contribution is 2.35. The summed E-state index contributed by atoms with van der Waals surface area (Å²) in [5, 5.41) is 2.77. The van der Waals surface area contributed by atoms with Gasteiger partial charge in [0.2, 0.25) is 17.6 Å². The molecule has 2 fully saturated rings. The molecule has 3 aromatic rings. The lowest BCUT2D eigenvalue weighted by molar-refractivity contribution is -0.143. The molecule has 11 nitrogen and oxygen atoms in total. The Morgan fingerprint density at radius 3 is 2.30 bits per heavy atom. The van der Waals surface area contributed by atoms with E-state index in [9.17, 15) is 28.0 Å². The van der Waals surface area contributed by atoms with Gasteiger partial charge in [-0.05, 0) is 43.2 Å². The maximum atomic E-state index is 14.6. The van der Waals surface area contributed by atoms with Crippen LogP contribution in [0.1, 0.15) is 33.8 Å². The van der Waals surface area contributed by atoms with E-state index in [1.165, 1.54) is 55.3 Å². The summed E-state index contributed by atoms with van der Waals surface area (Å²) in [4.78, 5) is 57.4. The second-order valence-electron chi connectivity index (χ2n) is 10.5. The number of hydrogen-bond acceptors (Lipinski definition) is 6. The number of nitrogens with one attached hydrogen (secondary N) is 1. The molecule has 43 heavy (non-hydrogen) atoms. The van der Waals surface area contributed by atoms with Crippen molar-refractivity contribution >= 4 is 40.9 Å². The average Bonchev–Trinajstić information content (AvgIpc) is 3.34. The van der Waals surface area contributed by atoms with Crippen LogP contribution in [-0.4, -0.2) is 76.3 Å². The number of nitrogens with two attached hydrogens (primary N) is 1. The van der Waals surface area contributed by atoms with Crippen LogP contribution in [0.4, 0.5) is 14.5 Å². The number of amides is 4. The lowest BCUT2D eigenvalue weighted by Crippen LogP contribution is -2.54. The number of rotatable bonds is 7. The number of benzene rings is 2. The number of imidazole rings is 1. The SMILES string of the molecule is COc1ccc(-c2cnc(C(=O)Nc3ccc(C(=O)N4CCN(C(=O)C5CC(C(N)=O)C5)CC4)c(Cl)c3)n2C)c(F)c1F. The van der Waals surface area contributed by atoms with Gasteiger partial charge in [-0.3, -0.25) is 19.2 Å². The number of aromatic nitrogens is 2. The van der Waals surface area contributed by atoms with Crippen LogP contribution >= 0.6 is 11.6 Å². The van der Waals surface area contributed by atoms with Crippen molar-refractivity contribution < 1.29 is 32.7 Å². The highest BCUT2D eigenvalue weighted by molar-refractivity contribution is 6.34. The highest BCUT2D eigenvalue weighted by Gasteiger charge is 2.40. The summed E-state index contributed by atoms with van der Waals surface area (Å²) < 4.78 is 35.0. The molecule has 2 heterocycles. The molecular weight excluding hydrogens is 586 g/mol. The zero-order valence-corrected chi connectivity index (χ0v) is 24.2. The van der Waals surface area contributed by atoms with Crippen LogP contribution in [0.15, 0.2) is 36.5 Å². The summed E-state index contributed by atoms with van der Waals surface area (Å²) in [6.45, 7) is 1.39. The van der Waals surface area contributed by atoms with Crippen LogP contribution in [-0.2, 0) is 16.6 Å². The van der Waals surface area contributed by atoms with Crippen LogP contribution < -0.4 is 15.8 Å². The molecule has 226 valence electrons. The smallest absolute Gasteiger partial charge is 0.291 e. The molecule has 14 heteroatoms. The van der Waals surface area contributed by atoms with Gasteiger partial charge in [0.05, 0.1) is 29.6 Å². The Hall–Kier alpha value is -4.52. The number of piperazine rings is 1. The maximum Gasteiger partial charge on any atom is 0.291 e. The van der Waals surface area contributed by atoms with Crippen molar-refractivity contribution in [2.75, 3.05) is 38.6 Å². The Morgan fingerprint density at radius 1 is 1.00 bits per heavy atom. The van der Waals surface area contributed by atoms with Crippen molar-refractivity contribution in [3.8, 4) is 17.0 Å². The largest absolute Gasteiger partial charge is 0.494 e. The molecule has 0 bridgehead atoms. The van der Waals surface area contributed by atoms with Crippen molar-refractivity contribution in [1.29, 1.82) is 0 Å². The van der Waals surface area contributed by atoms with Crippen molar-refractivity contribution in [2.24, 2.45) is 24.6 Å². The molecule has 0 atom stereocenters. The Bertz CT molecular complexity index is 1610. The number of hydrogen-bond donors (Lipinski definition) is 2. The molecule has 4 amide bonds.